The molecule has 0 heteroatoms. The molecule has 0 bridgehead atoms. The largest absolute Gasteiger partial charge is 0.0874 e. The van der Waals surface area contributed by atoms with Crippen LogP contribution in [-0.4, -0.2) is 0 Å². The second kappa shape index (κ2) is 7.59. The first-order valence-corrected chi connectivity index (χ1v) is 4.63. The van der Waals surface area contributed by atoms with Crippen LogP contribution in [0.15, 0.2) is 23.8 Å². The summed E-state index contributed by atoms with van der Waals surface area (Å²) in [6, 6.07) is 0. The fourth-order valence-corrected chi connectivity index (χ4v) is 1.12. The lowest BCUT2D eigenvalue weighted by Crippen LogP contribution is -1.79. The Morgan fingerprint density at radius 1 is 1.18 bits per heavy atom. The van der Waals surface area contributed by atoms with Crippen molar-refractivity contribution in [3.05, 3.63) is 23.8 Å². The third kappa shape index (κ3) is 5.90. The Balaban J connectivity index is 3.54. The van der Waals surface area contributed by atoms with E-state index in [4.69, 9.17) is 0 Å². The van der Waals surface area contributed by atoms with Gasteiger partial charge in [-0.05, 0) is 26.7 Å². The normalized spacial score (nSPS) is 12.8. The minimum Gasteiger partial charge on any atom is -0.0874 e. The molecule has 0 aromatic carbocycles. The van der Waals surface area contributed by atoms with Gasteiger partial charge in [-0.3, -0.25) is 0 Å². The molecule has 0 aliphatic rings. The van der Waals surface area contributed by atoms with Gasteiger partial charge in [0.2, 0.25) is 0 Å². The Kier molecular flexibility index (Phi) is 7.23. The molecule has 0 aromatic heterocycles. The predicted octanol–water partition coefficient (Wildman–Crippen LogP) is 4.09. The topological polar surface area (TPSA) is 0 Å². The van der Waals surface area contributed by atoms with Gasteiger partial charge in [-0.25, -0.2) is 0 Å². The van der Waals surface area contributed by atoms with E-state index < -0.39 is 0 Å². The molecule has 0 spiro atoms. The summed E-state index contributed by atoms with van der Waals surface area (Å²) in [4.78, 5) is 0. The Hall–Kier alpha value is -0.520. The van der Waals surface area contributed by atoms with Gasteiger partial charge in [-0.15, -0.1) is 0 Å². The number of rotatable bonds is 5. The van der Waals surface area contributed by atoms with E-state index in [-0.39, 0.29) is 0 Å². The summed E-state index contributed by atoms with van der Waals surface area (Å²) >= 11 is 0. The molecule has 0 heterocycles. The number of hydrogen-bond acceptors (Lipinski definition) is 0. The fourth-order valence-electron chi connectivity index (χ4n) is 1.12. The predicted molar refractivity (Wildman–Crippen MR) is 52.7 cm³/mol. The molecule has 0 radical (unpaired) electrons. The van der Waals surface area contributed by atoms with Gasteiger partial charge in [0.25, 0.3) is 0 Å². The molecular weight excluding hydrogens is 132 g/mol. The van der Waals surface area contributed by atoms with Crippen LogP contribution >= 0.6 is 0 Å². The second-order valence-electron chi connectivity index (χ2n) is 2.82. The quantitative estimate of drug-likeness (QED) is 0.411. The van der Waals surface area contributed by atoms with E-state index in [1.165, 1.54) is 31.3 Å². The third-order valence-corrected chi connectivity index (χ3v) is 1.82. The molecule has 0 atom stereocenters. The van der Waals surface area contributed by atoms with Gasteiger partial charge >= 0.3 is 0 Å². The molecule has 0 saturated heterocycles. The zero-order valence-corrected chi connectivity index (χ0v) is 8.06. The summed E-state index contributed by atoms with van der Waals surface area (Å²) < 4.78 is 0. The van der Waals surface area contributed by atoms with E-state index in [1.807, 2.05) is 0 Å². The van der Waals surface area contributed by atoms with Crippen LogP contribution in [0.5, 0.6) is 0 Å². The van der Waals surface area contributed by atoms with E-state index >= 15 is 0 Å². The van der Waals surface area contributed by atoms with Crippen LogP contribution in [0.1, 0.15) is 46.5 Å². The first kappa shape index (κ1) is 10.5. The molecule has 11 heavy (non-hydrogen) atoms. The van der Waals surface area contributed by atoms with Gasteiger partial charge in [0, 0.05) is 0 Å². The molecule has 0 aromatic rings. The van der Waals surface area contributed by atoms with Crippen molar-refractivity contribution < 1.29 is 0 Å². The fraction of sp³-hybridized carbons (Fsp3) is 0.636. The van der Waals surface area contributed by atoms with Crippen molar-refractivity contribution in [3.8, 4) is 0 Å². The van der Waals surface area contributed by atoms with Crippen molar-refractivity contribution in [2.75, 3.05) is 0 Å². The van der Waals surface area contributed by atoms with Gasteiger partial charge in [-0.1, -0.05) is 43.6 Å². The first-order valence-electron chi connectivity index (χ1n) is 4.63. The number of hydrogen-bond donors (Lipinski definition) is 0. The molecule has 0 aliphatic heterocycles. The highest BCUT2D eigenvalue weighted by Gasteiger charge is 1.89. The average Bonchev–Trinajstić information content (AvgIpc) is 2.03. The molecule has 0 saturated carbocycles. The van der Waals surface area contributed by atoms with Crippen LogP contribution in [0, 0.1) is 0 Å². The van der Waals surface area contributed by atoms with Gasteiger partial charge in [0.15, 0.2) is 0 Å². The maximum Gasteiger partial charge on any atom is -0.0282 e. The lowest BCUT2D eigenvalue weighted by molar-refractivity contribution is 0.719. The van der Waals surface area contributed by atoms with E-state index in [9.17, 15) is 0 Å². The van der Waals surface area contributed by atoms with Crippen molar-refractivity contribution in [3.63, 3.8) is 0 Å². The molecule has 0 unspecified atom stereocenters. The summed E-state index contributed by atoms with van der Waals surface area (Å²) in [5.41, 5.74) is 1.47. The van der Waals surface area contributed by atoms with E-state index in [2.05, 4.69) is 39.0 Å². The highest BCUT2D eigenvalue weighted by atomic mass is 14.0. The average molecular weight is 152 g/mol. The summed E-state index contributed by atoms with van der Waals surface area (Å²) in [6.45, 7) is 6.43. The number of allylic oxidation sites excluding steroid dienone is 4. The monoisotopic (exact) mass is 152 g/mol. The van der Waals surface area contributed by atoms with Gasteiger partial charge < -0.3 is 0 Å². The Morgan fingerprint density at radius 3 is 2.36 bits per heavy atom. The van der Waals surface area contributed by atoms with Crippen molar-refractivity contribution in [1.29, 1.82) is 0 Å². The zero-order valence-electron chi connectivity index (χ0n) is 8.06. The van der Waals surface area contributed by atoms with Crippen molar-refractivity contribution in [1.82, 2.24) is 0 Å². The second-order valence-corrected chi connectivity index (χ2v) is 2.82. The Bertz CT molecular complexity index is 129. The summed E-state index contributed by atoms with van der Waals surface area (Å²) in [7, 11) is 0. The number of unbranched alkanes of at least 4 members (excludes halogenated alkanes) is 2. The van der Waals surface area contributed by atoms with E-state index in [0.717, 1.165) is 0 Å². The van der Waals surface area contributed by atoms with Crippen LogP contribution in [0.25, 0.3) is 0 Å². The van der Waals surface area contributed by atoms with Crippen molar-refractivity contribution in [2.45, 2.75) is 46.5 Å². The van der Waals surface area contributed by atoms with Crippen LogP contribution in [0.4, 0.5) is 0 Å². The maximum absolute atomic E-state index is 2.24. The van der Waals surface area contributed by atoms with Crippen molar-refractivity contribution >= 4 is 0 Å². The van der Waals surface area contributed by atoms with Crippen LogP contribution in [0.3, 0.4) is 0 Å². The SMILES string of the molecule is C/C=C\C(=C/C)CCCCC. The molecule has 0 fully saturated rings. The van der Waals surface area contributed by atoms with Crippen molar-refractivity contribution in [2.24, 2.45) is 0 Å². The molecule has 0 rings (SSSR count). The van der Waals surface area contributed by atoms with Gasteiger partial charge in [-0.2, -0.15) is 0 Å². The third-order valence-electron chi connectivity index (χ3n) is 1.82. The molecule has 0 N–H and O–H groups in total. The van der Waals surface area contributed by atoms with Crippen LogP contribution < -0.4 is 0 Å². The minimum atomic E-state index is 1.24. The summed E-state index contributed by atoms with van der Waals surface area (Å²) in [6.07, 6.45) is 11.8. The summed E-state index contributed by atoms with van der Waals surface area (Å²) in [5.74, 6) is 0. The van der Waals surface area contributed by atoms with Gasteiger partial charge in [0.05, 0.1) is 0 Å². The lowest BCUT2D eigenvalue weighted by atomic mass is 10.1. The van der Waals surface area contributed by atoms with Crippen LogP contribution in [0.2, 0.25) is 0 Å². The summed E-state index contributed by atoms with van der Waals surface area (Å²) in [5, 5.41) is 0. The van der Waals surface area contributed by atoms with Gasteiger partial charge in [0.1, 0.15) is 0 Å². The Morgan fingerprint density at radius 2 is 1.91 bits per heavy atom. The molecule has 0 nitrogen and oxygen atoms in total. The van der Waals surface area contributed by atoms with E-state index in [0.29, 0.717) is 0 Å². The standard InChI is InChI=1S/C11H20/c1-4-7-8-10-11(6-3)9-5-2/h5-6,9H,4,7-8,10H2,1-3H3/b9-5-,11-6+. The first-order chi connectivity index (χ1) is 5.35. The molecule has 0 amide bonds. The zero-order chi connectivity index (χ0) is 8.53. The maximum atomic E-state index is 2.24. The lowest BCUT2D eigenvalue weighted by Gasteiger charge is -1.99. The molecular formula is C11H20. The minimum absolute atomic E-state index is 1.24. The highest BCUT2D eigenvalue weighted by molar-refractivity contribution is 5.16. The van der Waals surface area contributed by atoms with E-state index in [1.54, 1.807) is 0 Å². The van der Waals surface area contributed by atoms with Crippen LogP contribution in [-0.2, 0) is 0 Å². The smallest absolute Gasteiger partial charge is 0.0282 e. The molecule has 0 aliphatic carbocycles. The highest BCUT2D eigenvalue weighted by Crippen LogP contribution is 2.09. The Labute approximate surface area is 71.0 Å². The molecule has 64 valence electrons.